The van der Waals surface area contributed by atoms with E-state index in [1.807, 2.05) is 24.4 Å². The van der Waals surface area contributed by atoms with Crippen LogP contribution in [0.4, 0.5) is 0 Å². The molecule has 0 fully saturated rings. The Balaban J connectivity index is 2.05. The summed E-state index contributed by atoms with van der Waals surface area (Å²) in [6, 6.07) is 10.0. The van der Waals surface area contributed by atoms with Crippen LogP contribution in [0.5, 0.6) is 23.0 Å². The molecule has 1 N–H and O–H groups in total. The third-order valence-corrected chi connectivity index (χ3v) is 4.12. The molecule has 1 aromatic heterocycles. The monoisotopic (exact) mass is 327 g/mol. The topological polar surface area (TPSA) is 52.7 Å². The Hall–Kier alpha value is -2.82. The van der Waals surface area contributed by atoms with Gasteiger partial charge in [0.1, 0.15) is 5.75 Å². The molecule has 0 radical (unpaired) electrons. The highest BCUT2D eigenvalue weighted by Crippen LogP contribution is 2.44. The van der Waals surface area contributed by atoms with E-state index in [4.69, 9.17) is 18.9 Å². The van der Waals surface area contributed by atoms with Crippen LogP contribution in [0.2, 0.25) is 0 Å². The van der Waals surface area contributed by atoms with E-state index in [9.17, 15) is 0 Å². The second kappa shape index (κ2) is 6.74. The number of hydrogen-bond donors (Lipinski definition) is 1. The van der Waals surface area contributed by atoms with Crippen LogP contribution in [-0.2, 0) is 6.42 Å². The van der Waals surface area contributed by atoms with E-state index < -0.39 is 0 Å². The van der Waals surface area contributed by atoms with Crippen LogP contribution in [0.3, 0.4) is 0 Å². The van der Waals surface area contributed by atoms with Crippen LogP contribution in [0, 0.1) is 0 Å². The van der Waals surface area contributed by atoms with Crippen LogP contribution in [0.1, 0.15) is 11.1 Å². The summed E-state index contributed by atoms with van der Waals surface area (Å²) in [6.45, 7) is 0. The zero-order valence-electron chi connectivity index (χ0n) is 14.3. The quantitative estimate of drug-likeness (QED) is 0.748. The van der Waals surface area contributed by atoms with Gasteiger partial charge in [0, 0.05) is 11.6 Å². The maximum absolute atomic E-state index is 5.53. The second-order valence-corrected chi connectivity index (χ2v) is 5.41. The summed E-state index contributed by atoms with van der Waals surface area (Å²) in [5.41, 5.74) is 3.26. The minimum atomic E-state index is 0.588. The maximum Gasteiger partial charge on any atom is 0.205 e. The number of H-pyrrole nitrogens is 1. The van der Waals surface area contributed by atoms with E-state index in [-0.39, 0.29) is 0 Å². The lowest BCUT2D eigenvalue weighted by Crippen LogP contribution is -1.96. The molecule has 0 spiro atoms. The van der Waals surface area contributed by atoms with Crippen molar-refractivity contribution >= 4 is 10.9 Å². The van der Waals surface area contributed by atoms with Gasteiger partial charge in [-0.05, 0) is 35.7 Å². The van der Waals surface area contributed by atoms with Crippen molar-refractivity contribution in [2.45, 2.75) is 6.42 Å². The molecular formula is C19H21NO4. The van der Waals surface area contributed by atoms with Crippen molar-refractivity contribution in [1.29, 1.82) is 0 Å². The smallest absolute Gasteiger partial charge is 0.205 e. The molecule has 0 aliphatic rings. The van der Waals surface area contributed by atoms with Crippen molar-refractivity contribution in [3.63, 3.8) is 0 Å². The molecule has 3 aromatic rings. The molecule has 5 nitrogen and oxygen atoms in total. The van der Waals surface area contributed by atoms with Gasteiger partial charge in [0.2, 0.25) is 5.75 Å². The molecule has 0 amide bonds. The fourth-order valence-electron chi connectivity index (χ4n) is 2.90. The number of rotatable bonds is 6. The summed E-state index contributed by atoms with van der Waals surface area (Å²) >= 11 is 0. The number of ether oxygens (including phenoxy) is 4. The Kier molecular flexibility index (Phi) is 4.51. The van der Waals surface area contributed by atoms with Gasteiger partial charge in [-0.25, -0.2) is 0 Å². The van der Waals surface area contributed by atoms with Crippen LogP contribution in [-0.4, -0.2) is 33.4 Å². The first-order valence-corrected chi connectivity index (χ1v) is 7.63. The first-order valence-electron chi connectivity index (χ1n) is 7.63. The molecule has 0 atom stereocenters. The molecule has 0 saturated heterocycles. The number of methoxy groups -OCH3 is 4. The van der Waals surface area contributed by atoms with Crippen molar-refractivity contribution in [2.24, 2.45) is 0 Å². The first-order chi connectivity index (χ1) is 11.7. The predicted octanol–water partition coefficient (Wildman–Crippen LogP) is 3.79. The van der Waals surface area contributed by atoms with Gasteiger partial charge in [-0.3, -0.25) is 0 Å². The van der Waals surface area contributed by atoms with Gasteiger partial charge in [0.15, 0.2) is 11.5 Å². The Bertz CT molecular complexity index is 837. The van der Waals surface area contributed by atoms with Crippen LogP contribution in [0.25, 0.3) is 10.9 Å². The molecule has 0 bridgehead atoms. The lowest BCUT2D eigenvalue weighted by atomic mass is 10.0. The van der Waals surface area contributed by atoms with Crippen molar-refractivity contribution in [3.05, 3.63) is 47.7 Å². The largest absolute Gasteiger partial charge is 0.497 e. The minimum Gasteiger partial charge on any atom is -0.497 e. The Morgan fingerprint density at radius 3 is 2.12 bits per heavy atom. The number of aromatic nitrogens is 1. The zero-order valence-corrected chi connectivity index (χ0v) is 14.3. The molecule has 2 aromatic carbocycles. The SMILES string of the molecule is COc1ccc(Cc2c[nH]c3c(OC)c(OC)c(OC)cc23)cc1. The third kappa shape index (κ3) is 2.73. The van der Waals surface area contributed by atoms with Crippen molar-refractivity contribution in [2.75, 3.05) is 28.4 Å². The van der Waals surface area contributed by atoms with Gasteiger partial charge in [-0.1, -0.05) is 12.1 Å². The van der Waals surface area contributed by atoms with E-state index in [0.717, 1.165) is 28.6 Å². The molecule has 5 heteroatoms. The molecule has 0 aliphatic heterocycles. The second-order valence-electron chi connectivity index (χ2n) is 5.41. The van der Waals surface area contributed by atoms with Crippen LogP contribution in [0.15, 0.2) is 36.5 Å². The third-order valence-electron chi connectivity index (χ3n) is 4.12. The van der Waals surface area contributed by atoms with E-state index in [1.165, 1.54) is 5.56 Å². The average Bonchev–Trinajstić information content (AvgIpc) is 3.03. The van der Waals surface area contributed by atoms with Gasteiger partial charge < -0.3 is 23.9 Å². The molecule has 3 rings (SSSR count). The molecular weight excluding hydrogens is 306 g/mol. The van der Waals surface area contributed by atoms with Crippen LogP contribution >= 0.6 is 0 Å². The number of hydrogen-bond acceptors (Lipinski definition) is 4. The molecule has 126 valence electrons. The molecule has 0 saturated carbocycles. The summed E-state index contributed by atoms with van der Waals surface area (Å²) < 4.78 is 21.6. The lowest BCUT2D eigenvalue weighted by Gasteiger charge is -2.13. The zero-order chi connectivity index (χ0) is 17.1. The van der Waals surface area contributed by atoms with Crippen molar-refractivity contribution in [3.8, 4) is 23.0 Å². The highest BCUT2D eigenvalue weighted by Gasteiger charge is 2.19. The van der Waals surface area contributed by atoms with Gasteiger partial charge in [-0.2, -0.15) is 0 Å². The average molecular weight is 327 g/mol. The summed E-state index contributed by atoms with van der Waals surface area (Å²) in [7, 11) is 6.52. The standard InChI is InChI=1S/C19H21NO4/c1-21-14-7-5-12(6-8-14)9-13-11-20-17-15(13)10-16(22-2)18(23-3)19(17)24-4/h5-8,10-11,20H,9H2,1-4H3. The Labute approximate surface area is 141 Å². The molecule has 0 unspecified atom stereocenters. The molecule has 24 heavy (non-hydrogen) atoms. The highest BCUT2D eigenvalue weighted by molar-refractivity contribution is 5.93. The molecule has 1 heterocycles. The first kappa shape index (κ1) is 16.1. The van der Waals surface area contributed by atoms with Gasteiger partial charge in [0.25, 0.3) is 0 Å². The Morgan fingerprint density at radius 2 is 1.54 bits per heavy atom. The van der Waals surface area contributed by atoms with Gasteiger partial charge in [-0.15, -0.1) is 0 Å². The number of aromatic amines is 1. The summed E-state index contributed by atoms with van der Waals surface area (Å²) in [4.78, 5) is 3.29. The summed E-state index contributed by atoms with van der Waals surface area (Å²) in [5, 5.41) is 1.06. The van der Waals surface area contributed by atoms with Crippen molar-refractivity contribution < 1.29 is 18.9 Å². The normalized spacial score (nSPS) is 10.7. The summed E-state index contributed by atoms with van der Waals surface area (Å²) in [5.74, 6) is 2.74. The van der Waals surface area contributed by atoms with E-state index in [1.54, 1.807) is 28.4 Å². The lowest BCUT2D eigenvalue weighted by molar-refractivity contribution is 0.327. The highest BCUT2D eigenvalue weighted by atomic mass is 16.5. The number of nitrogens with one attached hydrogen (secondary N) is 1. The number of benzene rings is 2. The van der Waals surface area contributed by atoms with E-state index in [2.05, 4.69) is 17.1 Å². The summed E-state index contributed by atoms with van der Waals surface area (Å²) in [6.07, 6.45) is 2.79. The van der Waals surface area contributed by atoms with E-state index >= 15 is 0 Å². The van der Waals surface area contributed by atoms with Crippen LogP contribution < -0.4 is 18.9 Å². The Morgan fingerprint density at radius 1 is 0.833 bits per heavy atom. The minimum absolute atomic E-state index is 0.588. The van der Waals surface area contributed by atoms with Gasteiger partial charge >= 0.3 is 0 Å². The molecule has 0 aliphatic carbocycles. The van der Waals surface area contributed by atoms with Gasteiger partial charge in [0.05, 0.1) is 34.0 Å². The van der Waals surface area contributed by atoms with E-state index in [0.29, 0.717) is 17.2 Å². The fraction of sp³-hybridized carbons (Fsp3) is 0.263. The number of fused-ring (bicyclic) bond motifs is 1. The van der Waals surface area contributed by atoms with Crippen molar-refractivity contribution in [1.82, 2.24) is 4.98 Å². The fourth-order valence-corrected chi connectivity index (χ4v) is 2.90. The maximum atomic E-state index is 5.53. The predicted molar refractivity (Wildman–Crippen MR) is 93.8 cm³/mol.